The molecular weight excluding hydrogens is 372 g/mol. The van der Waals surface area contributed by atoms with E-state index in [1.807, 2.05) is 12.1 Å². The van der Waals surface area contributed by atoms with Gasteiger partial charge in [-0.25, -0.2) is 8.42 Å². The molecule has 4 atom stereocenters. The number of aryl methyl sites for hydroxylation is 1. The standard InChI is InChI=1S/C22H32N2O3S/c1-16(21-15-18-4-8-19(21)14-18)23-22(25)11-7-17-5-9-20(10-6-17)28(26,27)24-12-2-3-13-24/h5-6,9-10,16,18-19,21H,2-4,7-8,11-15H2,1H3,(H,23,25)/t16-,18-,19-,21+/m0/s1. The number of fused-ring (bicyclic) bond motifs is 2. The van der Waals surface area contributed by atoms with Crippen molar-refractivity contribution in [3.8, 4) is 0 Å². The average Bonchev–Trinajstić information content (AvgIpc) is 3.44. The summed E-state index contributed by atoms with van der Waals surface area (Å²) in [6.07, 6.45) is 8.31. The fourth-order valence-electron chi connectivity index (χ4n) is 5.50. The highest BCUT2D eigenvalue weighted by atomic mass is 32.2. The normalized spacial score (nSPS) is 28.5. The Morgan fingerprint density at radius 3 is 2.46 bits per heavy atom. The van der Waals surface area contributed by atoms with E-state index in [9.17, 15) is 13.2 Å². The van der Waals surface area contributed by atoms with Crippen molar-refractivity contribution in [1.29, 1.82) is 0 Å². The Balaban J connectivity index is 1.27. The Hall–Kier alpha value is -1.40. The first-order chi connectivity index (χ1) is 13.4. The first kappa shape index (κ1) is 19.9. The van der Waals surface area contributed by atoms with Gasteiger partial charge in [-0.05, 0) is 80.9 Å². The fraction of sp³-hybridized carbons (Fsp3) is 0.682. The third-order valence-electron chi connectivity index (χ3n) is 7.09. The molecule has 4 rings (SSSR count). The molecule has 0 aromatic heterocycles. The third kappa shape index (κ3) is 4.13. The van der Waals surface area contributed by atoms with Gasteiger partial charge < -0.3 is 5.32 Å². The predicted molar refractivity (Wildman–Crippen MR) is 109 cm³/mol. The van der Waals surface area contributed by atoms with E-state index in [0.717, 1.165) is 30.2 Å². The number of rotatable bonds is 7. The molecule has 1 N–H and O–H groups in total. The SMILES string of the molecule is C[C@H](NC(=O)CCc1ccc(S(=O)(=O)N2CCCC2)cc1)[C@H]1C[C@H]2CC[C@H]1C2. The predicted octanol–water partition coefficient (Wildman–Crippen LogP) is 3.34. The van der Waals surface area contributed by atoms with Gasteiger partial charge in [0.1, 0.15) is 0 Å². The van der Waals surface area contributed by atoms with E-state index in [-0.39, 0.29) is 11.9 Å². The zero-order valence-electron chi connectivity index (χ0n) is 16.8. The van der Waals surface area contributed by atoms with Crippen molar-refractivity contribution in [2.75, 3.05) is 13.1 Å². The molecule has 1 amide bonds. The van der Waals surface area contributed by atoms with E-state index in [2.05, 4.69) is 12.2 Å². The van der Waals surface area contributed by atoms with Crippen molar-refractivity contribution < 1.29 is 13.2 Å². The topological polar surface area (TPSA) is 66.5 Å². The molecule has 1 saturated heterocycles. The van der Waals surface area contributed by atoms with Gasteiger partial charge in [0.2, 0.25) is 15.9 Å². The number of benzene rings is 1. The Morgan fingerprint density at radius 2 is 1.86 bits per heavy atom. The number of sulfonamides is 1. The van der Waals surface area contributed by atoms with E-state index >= 15 is 0 Å². The van der Waals surface area contributed by atoms with Crippen LogP contribution in [-0.4, -0.2) is 37.8 Å². The lowest BCUT2D eigenvalue weighted by atomic mass is 9.84. The summed E-state index contributed by atoms with van der Waals surface area (Å²) >= 11 is 0. The van der Waals surface area contributed by atoms with Gasteiger partial charge in [0.15, 0.2) is 0 Å². The Bertz CT molecular complexity index is 800. The summed E-state index contributed by atoms with van der Waals surface area (Å²) < 4.78 is 26.7. The molecule has 0 radical (unpaired) electrons. The van der Waals surface area contributed by atoms with E-state index in [0.29, 0.717) is 36.7 Å². The van der Waals surface area contributed by atoms with Crippen LogP contribution in [-0.2, 0) is 21.2 Å². The van der Waals surface area contributed by atoms with Crippen molar-refractivity contribution >= 4 is 15.9 Å². The number of carbonyl (C=O) groups excluding carboxylic acids is 1. The zero-order chi connectivity index (χ0) is 19.7. The van der Waals surface area contributed by atoms with Crippen molar-refractivity contribution in [3.05, 3.63) is 29.8 Å². The van der Waals surface area contributed by atoms with Crippen molar-refractivity contribution in [3.63, 3.8) is 0 Å². The maximum Gasteiger partial charge on any atom is 0.243 e. The molecule has 2 bridgehead atoms. The molecule has 2 aliphatic carbocycles. The molecule has 3 fully saturated rings. The molecule has 1 aromatic rings. The molecule has 5 nitrogen and oxygen atoms in total. The summed E-state index contributed by atoms with van der Waals surface area (Å²) in [5.74, 6) is 2.46. The Labute approximate surface area is 168 Å². The van der Waals surface area contributed by atoms with Crippen LogP contribution in [0.1, 0.15) is 57.4 Å². The molecule has 28 heavy (non-hydrogen) atoms. The zero-order valence-corrected chi connectivity index (χ0v) is 17.6. The highest BCUT2D eigenvalue weighted by Gasteiger charge is 2.42. The molecule has 2 saturated carbocycles. The maximum absolute atomic E-state index is 12.6. The largest absolute Gasteiger partial charge is 0.353 e. The molecule has 6 heteroatoms. The first-order valence-corrected chi connectivity index (χ1v) is 12.3. The molecule has 3 aliphatic rings. The van der Waals surface area contributed by atoms with Crippen molar-refractivity contribution in [2.24, 2.45) is 17.8 Å². The number of hydrogen-bond acceptors (Lipinski definition) is 3. The Morgan fingerprint density at radius 1 is 1.14 bits per heavy atom. The van der Waals surface area contributed by atoms with Crippen molar-refractivity contribution in [2.45, 2.75) is 69.2 Å². The summed E-state index contributed by atoms with van der Waals surface area (Å²) in [5.41, 5.74) is 1.00. The minimum Gasteiger partial charge on any atom is -0.353 e. The van der Waals surface area contributed by atoms with Crippen LogP contribution in [0.25, 0.3) is 0 Å². The monoisotopic (exact) mass is 404 g/mol. The van der Waals surface area contributed by atoms with Gasteiger partial charge in [0.25, 0.3) is 0 Å². The van der Waals surface area contributed by atoms with E-state index in [1.54, 1.807) is 16.4 Å². The Kier molecular flexibility index (Phi) is 5.79. The molecule has 0 unspecified atom stereocenters. The lowest BCUT2D eigenvalue weighted by molar-refractivity contribution is -0.122. The van der Waals surface area contributed by atoms with Gasteiger partial charge in [-0.1, -0.05) is 18.6 Å². The van der Waals surface area contributed by atoms with Crippen LogP contribution in [0, 0.1) is 17.8 Å². The maximum atomic E-state index is 12.6. The second-order valence-corrected chi connectivity index (χ2v) is 10.9. The fourth-order valence-corrected chi connectivity index (χ4v) is 7.02. The van der Waals surface area contributed by atoms with E-state index in [1.165, 1.54) is 25.7 Å². The molecule has 1 aromatic carbocycles. The number of nitrogens with one attached hydrogen (secondary N) is 1. The van der Waals surface area contributed by atoms with Crippen LogP contribution in [0.2, 0.25) is 0 Å². The van der Waals surface area contributed by atoms with Gasteiger partial charge >= 0.3 is 0 Å². The molecule has 0 spiro atoms. The third-order valence-corrected chi connectivity index (χ3v) is 9.00. The first-order valence-electron chi connectivity index (χ1n) is 10.8. The molecular formula is C22H32N2O3S. The molecule has 154 valence electrons. The quantitative estimate of drug-likeness (QED) is 0.758. The second-order valence-electron chi connectivity index (χ2n) is 8.95. The summed E-state index contributed by atoms with van der Waals surface area (Å²) in [6, 6.07) is 7.30. The van der Waals surface area contributed by atoms with Gasteiger partial charge in [0.05, 0.1) is 4.90 Å². The van der Waals surface area contributed by atoms with Gasteiger partial charge in [-0.3, -0.25) is 4.79 Å². The van der Waals surface area contributed by atoms with E-state index < -0.39 is 10.0 Å². The van der Waals surface area contributed by atoms with Gasteiger partial charge in [-0.15, -0.1) is 0 Å². The minimum atomic E-state index is -3.36. The van der Waals surface area contributed by atoms with Crippen LogP contribution in [0.15, 0.2) is 29.2 Å². The smallest absolute Gasteiger partial charge is 0.243 e. The highest BCUT2D eigenvalue weighted by Crippen LogP contribution is 2.49. The lowest BCUT2D eigenvalue weighted by Gasteiger charge is -2.28. The highest BCUT2D eigenvalue weighted by molar-refractivity contribution is 7.89. The lowest BCUT2D eigenvalue weighted by Crippen LogP contribution is -2.40. The van der Waals surface area contributed by atoms with Crippen LogP contribution in [0.4, 0.5) is 0 Å². The van der Waals surface area contributed by atoms with Crippen molar-refractivity contribution in [1.82, 2.24) is 9.62 Å². The van der Waals surface area contributed by atoms with Crippen LogP contribution in [0.3, 0.4) is 0 Å². The average molecular weight is 405 g/mol. The van der Waals surface area contributed by atoms with Crippen LogP contribution in [0.5, 0.6) is 0 Å². The number of amides is 1. The van der Waals surface area contributed by atoms with Gasteiger partial charge in [-0.2, -0.15) is 4.31 Å². The van der Waals surface area contributed by atoms with Crippen LogP contribution < -0.4 is 5.32 Å². The number of nitrogens with zero attached hydrogens (tertiary/aromatic N) is 1. The van der Waals surface area contributed by atoms with Gasteiger partial charge in [0, 0.05) is 25.6 Å². The van der Waals surface area contributed by atoms with Crippen LogP contribution >= 0.6 is 0 Å². The summed E-state index contributed by atoms with van der Waals surface area (Å²) in [5, 5.41) is 3.21. The minimum absolute atomic E-state index is 0.101. The molecule has 1 aliphatic heterocycles. The number of hydrogen-bond donors (Lipinski definition) is 1. The second kappa shape index (κ2) is 8.15. The summed E-state index contributed by atoms with van der Waals surface area (Å²) in [4.78, 5) is 12.7. The summed E-state index contributed by atoms with van der Waals surface area (Å²) in [7, 11) is -3.36. The summed E-state index contributed by atoms with van der Waals surface area (Å²) in [6.45, 7) is 3.39. The molecule has 1 heterocycles. The van der Waals surface area contributed by atoms with E-state index in [4.69, 9.17) is 0 Å². The number of carbonyl (C=O) groups is 1.